The molecule has 0 rings (SSSR count). The van der Waals surface area contributed by atoms with E-state index in [2.05, 4.69) is 0 Å². The van der Waals surface area contributed by atoms with Gasteiger partial charge in [-0.3, -0.25) is 0 Å². The molecule has 0 amide bonds. The van der Waals surface area contributed by atoms with Crippen LogP contribution in [-0.2, 0) is 0 Å². The van der Waals surface area contributed by atoms with Crippen LogP contribution in [0.25, 0.3) is 0 Å². The molecule has 0 atom stereocenters. The Labute approximate surface area is 79.9 Å². The molecule has 0 saturated heterocycles. The summed E-state index contributed by atoms with van der Waals surface area (Å²) in [6, 6.07) is 0. The maximum atomic E-state index is 0. The summed E-state index contributed by atoms with van der Waals surface area (Å²) in [7, 11) is 0. The molecule has 0 aromatic rings. The Morgan fingerprint density at radius 2 is 0.500 bits per heavy atom. The molecular formula is AcCl3-3. The molecule has 0 aliphatic heterocycles. The first-order valence-electron chi connectivity index (χ1n) is 0. The fraction of sp³-hybridized carbons (Fsp3) is 0. The van der Waals surface area contributed by atoms with Crippen LogP contribution in [0.3, 0.4) is 0 Å². The first kappa shape index (κ1) is 33.3. The Bertz CT molecular complexity index is 3.25. The number of rotatable bonds is 0. The van der Waals surface area contributed by atoms with Gasteiger partial charge in [0.25, 0.3) is 0 Å². The van der Waals surface area contributed by atoms with Gasteiger partial charge in [0.15, 0.2) is 0 Å². The summed E-state index contributed by atoms with van der Waals surface area (Å²) in [5.74, 6) is 0. The smallest absolute Gasteiger partial charge is 0 e. The predicted molar refractivity (Wildman–Crippen MR) is 0 cm³/mol. The summed E-state index contributed by atoms with van der Waals surface area (Å²) in [5.41, 5.74) is 0. The minimum absolute atomic E-state index is 0. The van der Waals surface area contributed by atoms with Crippen LogP contribution in [0.2, 0.25) is 0 Å². The van der Waals surface area contributed by atoms with Crippen molar-refractivity contribution in [3.8, 4) is 0 Å². The summed E-state index contributed by atoms with van der Waals surface area (Å²) in [6.45, 7) is 0. The van der Waals surface area contributed by atoms with E-state index in [-0.39, 0.29) is 81.3 Å². The zero-order valence-electron chi connectivity index (χ0n) is 1.71. The quantitative estimate of drug-likeness (QED) is 0.413. The molecule has 0 heterocycles. The van der Waals surface area contributed by atoms with Crippen LogP contribution in [0.15, 0.2) is 0 Å². The second-order valence-electron chi connectivity index (χ2n) is 0. The second kappa shape index (κ2) is 18.5. The van der Waals surface area contributed by atoms with E-state index in [4.69, 9.17) is 0 Å². The molecule has 0 fully saturated rings. The summed E-state index contributed by atoms with van der Waals surface area (Å²) in [6.07, 6.45) is 0. The number of hydrogen-bond acceptors (Lipinski definition) is 0. The van der Waals surface area contributed by atoms with Crippen LogP contribution >= 0.6 is 0 Å². The molecule has 0 spiro atoms. The summed E-state index contributed by atoms with van der Waals surface area (Å²) in [5, 5.41) is 0. The molecule has 0 saturated carbocycles. The summed E-state index contributed by atoms with van der Waals surface area (Å²) in [4.78, 5) is 0. The standard InChI is InChI=1S/Ac.3ClH/h;3*1H/p-3. The third kappa shape index (κ3) is 8.85. The Balaban J connectivity index is 0. The Morgan fingerprint density at radius 3 is 0.500 bits per heavy atom. The molecule has 27 valence electrons. The third-order valence-corrected chi connectivity index (χ3v) is 0. The molecule has 0 aliphatic carbocycles. The van der Waals surface area contributed by atoms with Crippen molar-refractivity contribution >= 4 is 0 Å². The van der Waals surface area contributed by atoms with Crippen LogP contribution in [-0.4, -0.2) is 0 Å². The monoisotopic (exact) mass is 332 g/mol. The van der Waals surface area contributed by atoms with Gasteiger partial charge in [0.2, 0.25) is 0 Å². The topological polar surface area (TPSA) is 0 Å². The van der Waals surface area contributed by atoms with Crippen LogP contribution in [0.1, 0.15) is 0 Å². The maximum Gasteiger partial charge on any atom is 0 e. The molecule has 4 heteroatoms. The molecule has 1 radical (unpaired) electrons. The van der Waals surface area contributed by atoms with Crippen molar-refractivity contribution in [3.63, 3.8) is 0 Å². The van der Waals surface area contributed by atoms with Crippen molar-refractivity contribution in [3.05, 3.63) is 0 Å². The van der Waals surface area contributed by atoms with Gasteiger partial charge in [-0.15, -0.1) is 0 Å². The van der Waals surface area contributed by atoms with Gasteiger partial charge in [0.1, 0.15) is 0 Å². The van der Waals surface area contributed by atoms with Gasteiger partial charge in [-0.25, -0.2) is 0 Å². The van der Waals surface area contributed by atoms with Gasteiger partial charge in [-0.1, -0.05) is 0 Å². The van der Waals surface area contributed by atoms with Crippen molar-refractivity contribution in [2.24, 2.45) is 0 Å². The van der Waals surface area contributed by atoms with Gasteiger partial charge in [-0.2, -0.15) is 0 Å². The number of hydrogen-bond donors (Lipinski definition) is 0. The SMILES string of the molecule is [Ac].[Cl-].[Cl-].[Cl-]. The average Bonchev–Trinajstić information content (AvgIpc) is 0. The van der Waals surface area contributed by atoms with Crippen molar-refractivity contribution in [1.82, 2.24) is 0 Å². The van der Waals surface area contributed by atoms with E-state index in [0.29, 0.717) is 0 Å². The normalized spacial score (nSPS) is 0. The van der Waals surface area contributed by atoms with Gasteiger partial charge in [-0.05, 0) is 0 Å². The van der Waals surface area contributed by atoms with Crippen molar-refractivity contribution < 1.29 is 81.3 Å². The van der Waals surface area contributed by atoms with E-state index in [1.165, 1.54) is 0 Å². The molecule has 0 aromatic heterocycles. The Kier molecular flexibility index (Phi) is 154. The molecule has 0 aromatic carbocycles. The van der Waals surface area contributed by atoms with E-state index in [0.717, 1.165) is 0 Å². The fourth-order valence-corrected chi connectivity index (χ4v) is 0. The fourth-order valence-electron chi connectivity index (χ4n) is 0. The zero-order valence-corrected chi connectivity index (χ0v) is 8.72. The van der Waals surface area contributed by atoms with Gasteiger partial charge < -0.3 is 37.2 Å². The van der Waals surface area contributed by atoms with E-state index in [1.54, 1.807) is 0 Å². The molecule has 0 N–H and O–H groups in total. The third-order valence-electron chi connectivity index (χ3n) is 0. The first-order valence-corrected chi connectivity index (χ1v) is 0. The van der Waals surface area contributed by atoms with Crippen LogP contribution in [0.5, 0.6) is 0 Å². The molecular weight excluding hydrogens is 333 g/mol. The largest absolute Gasteiger partial charge is 1.00 e. The Morgan fingerprint density at radius 1 is 0.500 bits per heavy atom. The zero-order chi connectivity index (χ0) is 0. The van der Waals surface area contributed by atoms with Crippen LogP contribution in [0.4, 0.5) is 0 Å². The summed E-state index contributed by atoms with van der Waals surface area (Å²) < 4.78 is 0. The van der Waals surface area contributed by atoms with Crippen LogP contribution < -0.4 is 37.2 Å². The predicted octanol–water partition coefficient (Wildman–Crippen LogP) is -8.99. The van der Waals surface area contributed by atoms with E-state index < -0.39 is 0 Å². The maximum absolute atomic E-state index is 0. The van der Waals surface area contributed by atoms with E-state index >= 15 is 0 Å². The molecule has 0 nitrogen and oxygen atoms in total. The second-order valence-corrected chi connectivity index (χ2v) is 0. The van der Waals surface area contributed by atoms with Crippen molar-refractivity contribution in [1.29, 1.82) is 0 Å². The molecule has 0 bridgehead atoms. The van der Waals surface area contributed by atoms with Gasteiger partial charge in [0, 0.05) is 44.1 Å². The molecule has 0 aliphatic rings. The van der Waals surface area contributed by atoms with Crippen molar-refractivity contribution in [2.45, 2.75) is 0 Å². The molecule has 0 unspecified atom stereocenters. The van der Waals surface area contributed by atoms with Gasteiger partial charge in [0.05, 0.1) is 0 Å². The average molecular weight is 333 g/mol. The van der Waals surface area contributed by atoms with Crippen molar-refractivity contribution in [2.75, 3.05) is 0 Å². The van der Waals surface area contributed by atoms with E-state index in [9.17, 15) is 0 Å². The number of halogens is 3. The Hall–Kier alpha value is 2.31. The van der Waals surface area contributed by atoms with Crippen LogP contribution in [0, 0.1) is 44.1 Å². The first-order chi connectivity index (χ1) is 0. The van der Waals surface area contributed by atoms with Gasteiger partial charge >= 0.3 is 0 Å². The van der Waals surface area contributed by atoms with E-state index in [1.807, 2.05) is 0 Å². The summed E-state index contributed by atoms with van der Waals surface area (Å²) >= 11 is 0. The minimum atomic E-state index is 0. The molecule has 4 heavy (non-hydrogen) atoms. The minimum Gasteiger partial charge on any atom is -1.00 e.